The minimum Gasteiger partial charge on any atom is -0.352 e. The van der Waals surface area contributed by atoms with Gasteiger partial charge in [-0.2, -0.15) is 0 Å². The fraction of sp³-hybridized carbons (Fsp3) is 0.500. The largest absolute Gasteiger partial charge is 0.352 e. The average molecular weight is 350 g/mol. The van der Waals surface area contributed by atoms with Crippen molar-refractivity contribution in [1.82, 2.24) is 15.4 Å². The summed E-state index contributed by atoms with van der Waals surface area (Å²) in [6.07, 6.45) is 0.840. The molecule has 6 nitrogen and oxygen atoms in total. The molecule has 0 fully saturated rings. The van der Waals surface area contributed by atoms with Crippen molar-refractivity contribution in [3.63, 3.8) is 0 Å². The Balaban J connectivity index is 0.00000441. The molecule has 0 spiro atoms. The van der Waals surface area contributed by atoms with Crippen LogP contribution in [0.1, 0.15) is 30.6 Å². The highest BCUT2D eigenvalue weighted by Crippen LogP contribution is 2.11. The van der Waals surface area contributed by atoms with Gasteiger partial charge in [-0.05, 0) is 58.1 Å². The fourth-order valence-corrected chi connectivity index (χ4v) is 2.98. The Morgan fingerprint density at radius 3 is 2.23 bits per heavy atom. The topological polar surface area (TPSA) is 87.3 Å². The van der Waals surface area contributed by atoms with Crippen LogP contribution >= 0.6 is 12.4 Å². The van der Waals surface area contributed by atoms with Gasteiger partial charge in [-0.3, -0.25) is 4.79 Å². The Bertz CT molecular complexity index is 559. The number of carbonyl (C=O) groups is 1. The Morgan fingerprint density at radius 1 is 1.14 bits per heavy atom. The maximum atomic E-state index is 11.9. The predicted octanol–water partition coefficient (Wildman–Crippen LogP) is 1.13. The molecule has 126 valence electrons. The molecule has 0 saturated carbocycles. The number of amides is 1. The number of nitrogens with one attached hydrogen (secondary N) is 3. The molecule has 1 aromatic carbocycles. The zero-order chi connectivity index (χ0) is 15.9. The first kappa shape index (κ1) is 20.9. The van der Waals surface area contributed by atoms with Gasteiger partial charge in [0.25, 0.3) is 5.91 Å². The average Bonchev–Trinajstić information content (AvgIpc) is 2.42. The minimum atomic E-state index is -3.52. The zero-order valence-electron chi connectivity index (χ0n) is 13.0. The van der Waals surface area contributed by atoms with E-state index in [2.05, 4.69) is 15.4 Å². The van der Waals surface area contributed by atoms with Gasteiger partial charge in [0.15, 0.2) is 0 Å². The summed E-state index contributed by atoms with van der Waals surface area (Å²) >= 11 is 0. The fourth-order valence-electron chi connectivity index (χ4n) is 1.73. The van der Waals surface area contributed by atoms with E-state index >= 15 is 0 Å². The van der Waals surface area contributed by atoms with E-state index in [0.717, 1.165) is 13.0 Å². The molecule has 22 heavy (non-hydrogen) atoms. The summed E-state index contributed by atoms with van der Waals surface area (Å²) < 4.78 is 26.4. The van der Waals surface area contributed by atoms with Gasteiger partial charge in [0, 0.05) is 18.2 Å². The zero-order valence-corrected chi connectivity index (χ0v) is 14.7. The van der Waals surface area contributed by atoms with Crippen LogP contribution in [0.3, 0.4) is 0 Å². The lowest BCUT2D eigenvalue weighted by Gasteiger charge is -2.10. The molecule has 0 unspecified atom stereocenters. The van der Waals surface area contributed by atoms with Gasteiger partial charge in [-0.1, -0.05) is 0 Å². The molecular formula is C14H24ClN3O3S. The van der Waals surface area contributed by atoms with E-state index in [1.807, 2.05) is 7.05 Å². The predicted molar refractivity (Wildman–Crippen MR) is 90.0 cm³/mol. The normalized spacial score (nSPS) is 11.1. The van der Waals surface area contributed by atoms with E-state index in [1.165, 1.54) is 24.3 Å². The van der Waals surface area contributed by atoms with E-state index in [0.29, 0.717) is 12.1 Å². The number of hydrogen-bond donors (Lipinski definition) is 3. The minimum absolute atomic E-state index is 0. The maximum absolute atomic E-state index is 11.9. The molecule has 0 saturated heterocycles. The standard InChI is InChI=1S/C14H23N3O3S.ClH/c1-11(2)17-21(19,20)13-7-5-12(6-8-13)14(18)16-10-4-9-15-3;/h5-8,11,15,17H,4,9-10H2,1-3H3,(H,16,18);1H. The molecule has 0 aliphatic carbocycles. The molecule has 1 aromatic rings. The number of hydrogen-bond acceptors (Lipinski definition) is 4. The van der Waals surface area contributed by atoms with Crippen LogP contribution in [0.4, 0.5) is 0 Å². The maximum Gasteiger partial charge on any atom is 0.251 e. The second-order valence-corrected chi connectivity index (χ2v) is 6.73. The van der Waals surface area contributed by atoms with Gasteiger partial charge >= 0.3 is 0 Å². The first-order chi connectivity index (χ1) is 9.86. The Morgan fingerprint density at radius 2 is 1.73 bits per heavy atom. The van der Waals surface area contributed by atoms with Gasteiger partial charge < -0.3 is 10.6 Å². The summed E-state index contributed by atoms with van der Waals surface area (Å²) in [5.41, 5.74) is 0.447. The van der Waals surface area contributed by atoms with E-state index in [4.69, 9.17) is 0 Å². The van der Waals surface area contributed by atoms with Crippen LogP contribution in [0.15, 0.2) is 29.2 Å². The Labute approximate surface area is 138 Å². The SMILES string of the molecule is CNCCCNC(=O)c1ccc(S(=O)(=O)NC(C)C)cc1.Cl. The van der Waals surface area contributed by atoms with Crippen molar-refractivity contribution in [2.24, 2.45) is 0 Å². The summed E-state index contributed by atoms with van der Waals surface area (Å²) in [5.74, 6) is -0.202. The van der Waals surface area contributed by atoms with Crippen LogP contribution < -0.4 is 15.4 Å². The van der Waals surface area contributed by atoms with Gasteiger partial charge in [-0.25, -0.2) is 13.1 Å². The summed E-state index contributed by atoms with van der Waals surface area (Å²) in [6, 6.07) is 5.73. The summed E-state index contributed by atoms with van der Waals surface area (Å²) in [4.78, 5) is 12.0. The summed E-state index contributed by atoms with van der Waals surface area (Å²) in [5, 5.41) is 5.78. The van der Waals surface area contributed by atoms with Crippen LogP contribution in [-0.2, 0) is 10.0 Å². The van der Waals surface area contributed by atoms with Crippen molar-refractivity contribution in [2.75, 3.05) is 20.1 Å². The van der Waals surface area contributed by atoms with E-state index in [-0.39, 0.29) is 29.3 Å². The van der Waals surface area contributed by atoms with Crippen LogP contribution in [0.2, 0.25) is 0 Å². The van der Waals surface area contributed by atoms with Crippen molar-refractivity contribution in [1.29, 1.82) is 0 Å². The number of halogens is 1. The van der Waals surface area contributed by atoms with E-state index in [1.54, 1.807) is 13.8 Å². The van der Waals surface area contributed by atoms with Gasteiger partial charge in [-0.15, -0.1) is 12.4 Å². The highest BCUT2D eigenvalue weighted by Gasteiger charge is 2.15. The summed E-state index contributed by atoms with van der Waals surface area (Å²) in [6.45, 7) is 4.92. The van der Waals surface area contributed by atoms with Crippen molar-refractivity contribution < 1.29 is 13.2 Å². The highest BCUT2D eigenvalue weighted by molar-refractivity contribution is 7.89. The molecule has 0 aromatic heterocycles. The third-order valence-corrected chi connectivity index (χ3v) is 4.38. The number of rotatable bonds is 8. The van der Waals surface area contributed by atoms with E-state index < -0.39 is 10.0 Å². The molecule has 3 N–H and O–H groups in total. The van der Waals surface area contributed by atoms with Gasteiger partial charge in [0.1, 0.15) is 0 Å². The molecule has 0 aliphatic rings. The van der Waals surface area contributed by atoms with Crippen molar-refractivity contribution in [3.8, 4) is 0 Å². The monoisotopic (exact) mass is 349 g/mol. The smallest absolute Gasteiger partial charge is 0.251 e. The third kappa shape index (κ3) is 6.74. The van der Waals surface area contributed by atoms with Gasteiger partial charge in [0.2, 0.25) is 10.0 Å². The van der Waals surface area contributed by atoms with Crippen molar-refractivity contribution in [3.05, 3.63) is 29.8 Å². The second-order valence-electron chi connectivity index (χ2n) is 5.01. The van der Waals surface area contributed by atoms with Crippen LogP contribution in [0.25, 0.3) is 0 Å². The molecular weight excluding hydrogens is 326 g/mol. The molecule has 1 amide bonds. The Kier molecular flexibility index (Phi) is 9.27. The van der Waals surface area contributed by atoms with Crippen molar-refractivity contribution >= 4 is 28.3 Å². The van der Waals surface area contributed by atoms with Crippen LogP contribution in [0.5, 0.6) is 0 Å². The van der Waals surface area contributed by atoms with E-state index in [9.17, 15) is 13.2 Å². The second kappa shape index (κ2) is 9.78. The molecule has 0 bridgehead atoms. The molecule has 0 heterocycles. The number of benzene rings is 1. The summed E-state index contributed by atoms with van der Waals surface area (Å²) in [7, 11) is -1.66. The van der Waals surface area contributed by atoms with Crippen LogP contribution in [0, 0.1) is 0 Å². The lowest BCUT2D eigenvalue weighted by molar-refractivity contribution is 0.0953. The lowest BCUT2D eigenvalue weighted by atomic mass is 10.2. The van der Waals surface area contributed by atoms with Crippen molar-refractivity contribution in [2.45, 2.75) is 31.2 Å². The van der Waals surface area contributed by atoms with Gasteiger partial charge in [0.05, 0.1) is 4.90 Å². The first-order valence-corrected chi connectivity index (χ1v) is 8.40. The molecule has 0 radical (unpaired) electrons. The third-order valence-electron chi connectivity index (χ3n) is 2.71. The quantitative estimate of drug-likeness (QED) is 0.614. The molecule has 8 heteroatoms. The Hall–Kier alpha value is -1.15. The molecule has 1 rings (SSSR count). The lowest BCUT2D eigenvalue weighted by Crippen LogP contribution is -2.30. The first-order valence-electron chi connectivity index (χ1n) is 6.92. The number of carbonyl (C=O) groups excluding carboxylic acids is 1. The van der Waals surface area contributed by atoms with Crippen LogP contribution in [-0.4, -0.2) is 40.5 Å². The highest BCUT2D eigenvalue weighted by atomic mass is 35.5. The molecule has 0 atom stereocenters. The number of sulfonamides is 1. The molecule has 0 aliphatic heterocycles.